The number of hydrogen-bond acceptors (Lipinski definition) is 1. The van der Waals surface area contributed by atoms with Gasteiger partial charge in [-0.25, -0.2) is 0 Å². The van der Waals surface area contributed by atoms with Crippen molar-refractivity contribution in [3.05, 3.63) is 34.9 Å². The molecule has 1 saturated carbocycles. The van der Waals surface area contributed by atoms with Gasteiger partial charge in [-0.15, -0.1) is 0 Å². The average Bonchev–Trinajstić information content (AvgIpc) is 2.26. The molecule has 0 heterocycles. The maximum Gasteiger partial charge on any atom is 0.306 e. The van der Waals surface area contributed by atoms with Gasteiger partial charge in [0.1, 0.15) is 0 Å². The Labute approximate surface area is 115 Å². The van der Waals surface area contributed by atoms with Crippen LogP contribution in [0, 0.1) is 31.6 Å². The summed E-state index contributed by atoms with van der Waals surface area (Å²) < 4.78 is 0. The average molecular weight is 260 g/mol. The van der Waals surface area contributed by atoms with Gasteiger partial charge in [0.05, 0.1) is 5.92 Å². The van der Waals surface area contributed by atoms with Crippen LogP contribution in [-0.2, 0) is 11.2 Å². The van der Waals surface area contributed by atoms with Crippen LogP contribution in [0.5, 0.6) is 0 Å². The third kappa shape index (κ3) is 3.59. The van der Waals surface area contributed by atoms with Gasteiger partial charge >= 0.3 is 5.97 Å². The second-order valence-corrected chi connectivity index (χ2v) is 6.32. The zero-order chi connectivity index (χ0) is 14.0. The van der Waals surface area contributed by atoms with E-state index >= 15 is 0 Å². The summed E-state index contributed by atoms with van der Waals surface area (Å²) in [5, 5.41) is 9.38. The molecule has 3 atom stereocenters. The highest BCUT2D eigenvalue weighted by Crippen LogP contribution is 2.36. The zero-order valence-corrected chi connectivity index (χ0v) is 12.1. The van der Waals surface area contributed by atoms with Crippen molar-refractivity contribution in [2.45, 2.75) is 46.5 Å². The minimum atomic E-state index is -0.610. The molecule has 1 aliphatic rings. The normalized spacial score (nSPS) is 27.2. The number of benzene rings is 1. The Bertz CT molecular complexity index is 444. The van der Waals surface area contributed by atoms with Crippen LogP contribution in [0.3, 0.4) is 0 Å². The second-order valence-electron chi connectivity index (χ2n) is 6.32. The molecule has 0 aromatic heterocycles. The summed E-state index contributed by atoms with van der Waals surface area (Å²) in [6, 6.07) is 6.57. The Balaban J connectivity index is 2.16. The third-order valence-electron chi connectivity index (χ3n) is 4.34. The summed E-state index contributed by atoms with van der Waals surface area (Å²) in [4.78, 5) is 11.4. The smallest absolute Gasteiger partial charge is 0.306 e. The topological polar surface area (TPSA) is 37.3 Å². The first-order valence-corrected chi connectivity index (χ1v) is 7.25. The molecule has 104 valence electrons. The molecule has 1 aromatic carbocycles. The first-order valence-electron chi connectivity index (χ1n) is 7.25. The van der Waals surface area contributed by atoms with Crippen LogP contribution in [0.1, 0.15) is 42.9 Å². The molecular formula is C17H24O2. The van der Waals surface area contributed by atoms with Crippen LogP contribution in [-0.4, -0.2) is 11.1 Å². The van der Waals surface area contributed by atoms with Crippen molar-refractivity contribution in [1.82, 2.24) is 0 Å². The quantitative estimate of drug-likeness (QED) is 0.892. The minimum Gasteiger partial charge on any atom is -0.481 e. The molecule has 1 aliphatic carbocycles. The Morgan fingerprint density at radius 2 is 1.84 bits per heavy atom. The van der Waals surface area contributed by atoms with E-state index in [0.29, 0.717) is 11.8 Å². The maximum absolute atomic E-state index is 11.4. The van der Waals surface area contributed by atoms with Crippen molar-refractivity contribution in [3.8, 4) is 0 Å². The summed E-state index contributed by atoms with van der Waals surface area (Å²) >= 11 is 0. The highest BCUT2D eigenvalue weighted by molar-refractivity contribution is 5.70. The molecule has 0 saturated heterocycles. The summed E-state index contributed by atoms with van der Waals surface area (Å²) in [7, 11) is 0. The van der Waals surface area contributed by atoms with Crippen LogP contribution in [0.15, 0.2) is 18.2 Å². The molecule has 3 unspecified atom stereocenters. The first-order chi connectivity index (χ1) is 8.95. The first kappa shape index (κ1) is 14.1. The number of carboxylic acids is 1. The van der Waals surface area contributed by atoms with E-state index in [0.717, 1.165) is 25.7 Å². The molecule has 0 radical (unpaired) electrons. The lowest BCUT2D eigenvalue weighted by Crippen LogP contribution is -2.31. The van der Waals surface area contributed by atoms with E-state index < -0.39 is 5.97 Å². The number of aliphatic carboxylic acids is 1. The summed E-state index contributed by atoms with van der Waals surface area (Å²) in [5.41, 5.74) is 3.83. The van der Waals surface area contributed by atoms with Crippen molar-refractivity contribution in [1.29, 1.82) is 0 Å². The predicted octanol–water partition coefficient (Wildman–Crippen LogP) is 3.98. The van der Waals surface area contributed by atoms with Gasteiger partial charge in [-0.3, -0.25) is 4.79 Å². The highest BCUT2D eigenvalue weighted by atomic mass is 16.4. The van der Waals surface area contributed by atoms with E-state index in [2.05, 4.69) is 39.0 Å². The fourth-order valence-electron chi connectivity index (χ4n) is 3.54. The van der Waals surface area contributed by atoms with E-state index in [-0.39, 0.29) is 5.92 Å². The van der Waals surface area contributed by atoms with E-state index in [9.17, 15) is 9.90 Å². The van der Waals surface area contributed by atoms with Gasteiger partial charge in [-0.1, -0.05) is 36.2 Å². The molecule has 2 heteroatoms. The molecule has 0 bridgehead atoms. The van der Waals surface area contributed by atoms with Crippen molar-refractivity contribution in [3.63, 3.8) is 0 Å². The Kier molecular flexibility index (Phi) is 4.28. The number of carboxylic acid groups (broad SMARTS) is 1. The number of rotatable bonds is 3. The second kappa shape index (κ2) is 5.77. The maximum atomic E-state index is 11.4. The molecule has 19 heavy (non-hydrogen) atoms. The Morgan fingerprint density at radius 3 is 2.42 bits per heavy atom. The fraction of sp³-hybridized carbons (Fsp3) is 0.588. The summed E-state index contributed by atoms with van der Waals surface area (Å²) in [6.45, 7) is 6.45. The van der Waals surface area contributed by atoms with Gasteiger partial charge in [-0.2, -0.15) is 0 Å². The standard InChI is InChI=1S/C17H24O2/c1-11-4-5-16(17(18)19)15(9-11)10-14-7-12(2)6-13(3)8-14/h6-8,11,15-16H,4-5,9-10H2,1-3H3,(H,18,19). The number of hydrogen-bond donors (Lipinski definition) is 1. The van der Waals surface area contributed by atoms with Gasteiger partial charge in [-0.05, 0) is 56.9 Å². The lowest BCUT2D eigenvalue weighted by atomic mass is 9.72. The van der Waals surface area contributed by atoms with E-state index in [4.69, 9.17) is 0 Å². The van der Waals surface area contributed by atoms with E-state index in [1.54, 1.807) is 0 Å². The van der Waals surface area contributed by atoms with Gasteiger partial charge in [0.2, 0.25) is 0 Å². The highest BCUT2D eigenvalue weighted by Gasteiger charge is 2.33. The SMILES string of the molecule is Cc1cc(C)cc(CC2CC(C)CCC2C(=O)O)c1. The Hall–Kier alpha value is -1.31. The summed E-state index contributed by atoms with van der Waals surface area (Å²) in [5.74, 6) is 0.187. The van der Waals surface area contributed by atoms with Crippen molar-refractivity contribution in [2.75, 3.05) is 0 Å². The fourth-order valence-corrected chi connectivity index (χ4v) is 3.54. The number of carbonyl (C=O) groups is 1. The monoisotopic (exact) mass is 260 g/mol. The molecule has 2 nitrogen and oxygen atoms in total. The van der Waals surface area contributed by atoms with Crippen LogP contribution < -0.4 is 0 Å². The molecule has 2 rings (SSSR count). The number of aryl methyl sites for hydroxylation is 2. The summed E-state index contributed by atoms with van der Waals surface area (Å²) in [6.07, 6.45) is 3.85. The van der Waals surface area contributed by atoms with Crippen LogP contribution in [0.25, 0.3) is 0 Å². The minimum absolute atomic E-state index is 0.156. The van der Waals surface area contributed by atoms with Gasteiger partial charge in [0.25, 0.3) is 0 Å². The molecule has 0 amide bonds. The zero-order valence-electron chi connectivity index (χ0n) is 12.1. The van der Waals surface area contributed by atoms with Crippen LogP contribution >= 0.6 is 0 Å². The third-order valence-corrected chi connectivity index (χ3v) is 4.34. The molecule has 1 fully saturated rings. The predicted molar refractivity (Wildman–Crippen MR) is 77.3 cm³/mol. The van der Waals surface area contributed by atoms with Crippen molar-refractivity contribution >= 4 is 5.97 Å². The molecule has 0 spiro atoms. The van der Waals surface area contributed by atoms with Gasteiger partial charge in [0, 0.05) is 0 Å². The van der Waals surface area contributed by atoms with Crippen LogP contribution in [0.2, 0.25) is 0 Å². The Morgan fingerprint density at radius 1 is 1.21 bits per heavy atom. The van der Waals surface area contributed by atoms with Crippen molar-refractivity contribution < 1.29 is 9.90 Å². The van der Waals surface area contributed by atoms with Gasteiger partial charge in [0.15, 0.2) is 0 Å². The van der Waals surface area contributed by atoms with Crippen LogP contribution in [0.4, 0.5) is 0 Å². The molecule has 1 N–H and O–H groups in total. The lowest BCUT2D eigenvalue weighted by Gasteiger charge is -2.32. The molecule has 1 aromatic rings. The van der Waals surface area contributed by atoms with Crippen molar-refractivity contribution in [2.24, 2.45) is 17.8 Å². The molecule has 0 aliphatic heterocycles. The molecular weight excluding hydrogens is 236 g/mol. The van der Waals surface area contributed by atoms with E-state index in [1.807, 2.05) is 0 Å². The van der Waals surface area contributed by atoms with Gasteiger partial charge < -0.3 is 5.11 Å². The van der Waals surface area contributed by atoms with E-state index in [1.165, 1.54) is 16.7 Å². The largest absolute Gasteiger partial charge is 0.481 e. The lowest BCUT2D eigenvalue weighted by molar-refractivity contribution is -0.145.